The van der Waals surface area contributed by atoms with Crippen molar-refractivity contribution in [1.82, 2.24) is 9.62 Å². The number of benzene rings is 2. The molecule has 2 aromatic rings. The highest BCUT2D eigenvalue weighted by Gasteiger charge is 2.27. The van der Waals surface area contributed by atoms with Gasteiger partial charge in [0.15, 0.2) is 0 Å². The van der Waals surface area contributed by atoms with Gasteiger partial charge in [0.25, 0.3) is 0 Å². The molecular weight excluding hydrogens is 469 g/mol. The summed E-state index contributed by atoms with van der Waals surface area (Å²) in [4.78, 5) is 15.1. The summed E-state index contributed by atoms with van der Waals surface area (Å²) in [5.74, 6) is -0.397. The summed E-state index contributed by atoms with van der Waals surface area (Å²) in [6.45, 7) is 5.21. The summed E-state index contributed by atoms with van der Waals surface area (Å²) in [6.07, 6.45) is 1.21. The molecule has 180 valence electrons. The number of anilines is 1. The van der Waals surface area contributed by atoms with E-state index in [2.05, 4.69) is 14.9 Å². The van der Waals surface area contributed by atoms with E-state index in [1.165, 1.54) is 31.4 Å². The molecule has 0 spiro atoms. The molecule has 7 nitrogen and oxygen atoms in total. The van der Waals surface area contributed by atoms with Crippen molar-refractivity contribution in [2.24, 2.45) is 5.92 Å². The van der Waals surface area contributed by atoms with Crippen molar-refractivity contribution in [3.8, 4) is 5.75 Å². The lowest BCUT2D eigenvalue weighted by molar-refractivity contribution is -0.121. The fourth-order valence-corrected chi connectivity index (χ4v) is 5.24. The van der Waals surface area contributed by atoms with Crippen molar-refractivity contribution >= 4 is 33.2 Å². The van der Waals surface area contributed by atoms with Gasteiger partial charge in [-0.05, 0) is 70.1 Å². The third kappa shape index (κ3) is 6.66. The fourth-order valence-electron chi connectivity index (χ4n) is 3.81. The second-order valence-corrected chi connectivity index (χ2v) is 10.6. The summed E-state index contributed by atoms with van der Waals surface area (Å²) < 4.78 is 46.9. The van der Waals surface area contributed by atoms with E-state index in [0.717, 1.165) is 0 Å². The van der Waals surface area contributed by atoms with Crippen LogP contribution >= 0.6 is 11.6 Å². The topological polar surface area (TPSA) is 87.7 Å². The number of hydrogen-bond acceptors (Lipinski definition) is 5. The summed E-state index contributed by atoms with van der Waals surface area (Å²) in [5.41, 5.74) is 0.875. The first kappa shape index (κ1) is 25.4. The molecule has 1 fully saturated rings. The van der Waals surface area contributed by atoms with Gasteiger partial charge in [0, 0.05) is 29.1 Å². The van der Waals surface area contributed by atoms with E-state index in [4.69, 9.17) is 16.3 Å². The zero-order valence-corrected chi connectivity index (χ0v) is 20.5. The Hall–Kier alpha value is -2.20. The Morgan fingerprint density at radius 1 is 1.21 bits per heavy atom. The van der Waals surface area contributed by atoms with Crippen molar-refractivity contribution < 1.29 is 22.3 Å². The molecule has 1 heterocycles. The number of amides is 1. The second kappa shape index (κ2) is 10.8. The maximum atomic E-state index is 14.1. The number of rotatable bonds is 8. The first-order valence-corrected chi connectivity index (χ1v) is 12.6. The summed E-state index contributed by atoms with van der Waals surface area (Å²) in [7, 11) is -2.26. The van der Waals surface area contributed by atoms with Gasteiger partial charge in [0.1, 0.15) is 11.6 Å². The Labute approximate surface area is 199 Å². The van der Waals surface area contributed by atoms with Gasteiger partial charge in [-0.2, -0.15) is 0 Å². The third-order valence-corrected chi connectivity index (χ3v) is 7.39. The number of methoxy groups -OCH3 is 1. The van der Waals surface area contributed by atoms with Crippen LogP contribution in [0.15, 0.2) is 41.3 Å². The number of carbonyl (C=O) groups excluding carboxylic acids is 1. The molecule has 3 rings (SSSR count). The molecule has 1 amide bonds. The largest absolute Gasteiger partial charge is 0.495 e. The number of halogens is 2. The van der Waals surface area contributed by atoms with Gasteiger partial charge >= 0.3 is 0 Å². The summed E-state index contributed by atoms with van der Waals surface area (Å²) >= 11 is 5.81. The van der Waals surface area contributed by atoms with E-state index in [-0.39, 0.29) is 28.6 Å². The van der Waals surface area contributed by atoms with Gasteiger partial charge in [0.05, 0.1) is 17.7 Å². The monoisotopic (exact) mass is 497 g/mol. The Bertz CT molecular complexity index is 1100. The van der Waals surface area contributed by atoms with Crippen LogP contribution in [0.4, 0.5) is 10.1 Å². The average molecular weight is 498 g/mol. The zero-order chi connectivity index (χ0) is 24.2. The maximum Gasteiger partial charge on any atom is 0.240 e. The lowest BCUT2D eigenvalue weighted by atomic mass is 9.95. The Morgan fingerprint density at radius 3 is 2.52 bits per heavy atom. The van der Waals surface area contributed by atoms with Gasteiger partial charge < -0.3 is 10.1 Å². The van der Waals surface area contributed by atoms with E-state index >= 15 is 0 Å². The molecule has 2 N–H and O–H groups in total. The zero-order valence-electron chi connectivity index (χ0n) is 18.9. The number of sulfonamides is 1. The van der Waals surface area contributed by atoms with Gasteiger partial charge in [-0.15, -0.1) is 0 Å². The minimum atomic E-state index is -3.71. The molecule has 1 aliphatic heterocycles. The van der Waals surface area contributed by atoms with Crippen molar-refractivity contribution in [3.05, 3.63) is 52.8 Å². The fraction of sp³-hybridized carbons (Fsp3) is 0.435. The van der Waals surface area contributed by atoms with Crippen LogP contribution in [0.2, 0.25) is 5.02 Å². The van der Waals surface area contributed by atoms with Crippen LogP contribution in [0.25, 0.3) is 0 Å². The van der Waals surface area contributed by atoms with Crippen LogP contribution in [0, 0.1) is 11.7 Å². The van der Waals surface area contributed by atoms with Crippen LogP contribution in [-0.2, 0) is 21.4 Å². The number of piperidine rings is 1. The van der Waals surface area contributed by atoms with Crippen LogP contribution < -0.4 is 14.8 Å². The second-order valence-electron chi connectivity index (χ2n) is 8.41. The molecule has 1 saturated heterocycles. The normalized spacial score (nSPS) is 15.6. The SMILES string of the molecule is COc1ccc(S(=O)(=O)NC(C)C)cc1NC(=O)C1CCN(Cc2ccc(Cl)cc2F)CC1. The molecule has 2 aromatic carbocycles. The summed E-state index contributed by atoms with van der Waals surface area (Å²) in [6, 6.07) is 8.74. The first-order valence-electron chi connectivity index (χ1n) is 10.8. The average Bonchev–Trinajstić information content (AvgIpc) is 2.75. The molecular formula is C23H29ClFN3O4S. The highest BCUT2D eigenvalue weighted by Crippen LogP contribution is 2.29. The van der Waals surface area contributed by atoms with Crippen molar-refractivity contribution in [2.75, 3.05) is 25.5 Å². The Morgan fingerprint density at radius 2 is 1.91 bits per heavy atom. The van der Waals surface area contributed by atoms with Gasteiger partial charge in [0.2, 0.25) is 15.9 Å². The van der Waals surface area contributed by atoms with E-state index in [0.29, 0.717) is 54.5 Å². The molecule has 0 unspecified atom stereocenters. The molecule has 0 radical (unpaired) electrons. The van der Waals surface area contributed by atoms with E-state index < -0.39 is 10.0 Å². The van der Waals surface area contributed by atoms with E-state index in [1.54, 1.807) is 26.0 Å². The Kier molecular flexibility index (Phi) is 8.33. The molecule has 1 aliphatic rings. The molecule has 0 atom stereocenters. The maximum absolute atomic E-state index is 14.1. The van der Waals surface area contributed by atoms with Gasteiger partial charge in [-0.25, -0.2) is 17.5 Å². The highest BCUT2D eigenvalue weighted by atomic mass is 35.5. The number of hydrogen-bond donors (Lipinski definition) is 2. The predicted octanol–water partition coefficient (Wildman–Crippen LogP) is 4.03. The third-order valence-electron chi connectivity index (χ3n) is 5.50. The lowest BCUT2D eigenvalue weighted by Crippen LogP contribution is -2.38. The van der Waals surface area contributed by atoms with Crippen LogP contribution in [-0.4, -0.2) is 45.5 Å². The number of carbonyl (C=O) groups is 1. The van der Waals surface area contributed by atoms with Crippen molar-refractivity contribution in [3.63, 3.8) is 0 Å². The van der Waals surface area contributed by atoms with Crippen molar-refractivity contribution in [2.45, 2.75) is 44.2 Å². The predicted molar refractivity (Wildman–Crippen MR) is 126 cm³/mol. The minimum absolute atomic E-state index is 0.0483. The van der Waals surface area contributed by atoms with Gasteiger partial charge in [-0.1, -0.05) is 17.7 Å². The molecule has 33 heavy (non-hydrogen) atoms. The first-order chi connectivity index (χ1) is 15.6. The summed E-state index contributed by atoms with van der Waals surface area (Å²) in [5, 5.41) is 3.19. The van der Waals surface area contributed by atoms with Gasteiger partial charge in [-0.3, -0.25) is 9.69 Å². The van der Waals surface area contributed by atoms with Crippen LogP contribution in [0.1, 0.15) is 32.3 Å². The highest BCUT2D eigenvalue weighted by molar-refractivity contribution is 7.89. The molecule has 0 aromatic heterocycles. The number of nitrogens with zero attached hydrogens (tertiary/aromatic N) is 1. The number of nitrogens with one attached hydrogen (secondary N) is 2. The van der Waals surface area contributed by atoms with Crippen molar-refractivity contribution in [1.29, 1.82) is 0 Å². The Balaban J connectivity index is 1.64. The van der Waals surface area contributed by atoms with E-state index in [1.807, 2.05) is 0 Å². The quantitative estimate of drug-likeness (QED) is 0.575. The molecule has 0 saturated carbocycles. The molecule has 0 aliphatic carbocycles. The number of likely N-dealkylation sites (tertiary alicyclic amines) is 1. The van der Waals surface area contributed by atoms with Crippen LogP contribution in [0.3, 0.4) is 0 Å². The molecule has 0 bridgehead atoms. The lowest BCUT2D eigenvalue weighted by Gasteiger charge is -2.31. The molecule has 10 heteroatoms. The minimum Gasteiger partial charge on any atom is -0.495 e. The standard InChI is InChI=1S/C23H29ClFN3O4S/c1-15(2)27-33(30,31)19-6-7-22(32-3)21(13-19)26-23(29)16-8-10-28(11-9-16)14-17-4-5-18(24)12-20(17)25/h4-7,12-13,15-16,27H,8-11,14H2,1-3H3,(H,26,29). The smallest absolute Gasteiger partial charge is 0.240 e. The van der Waals surface area contributed by atoms with Crippen LogP contribution in [0.5, 0.6) is 5.75 Å². The number of ether oxygens (including phenoxy) is 1. The van der Waals surface area contributed by atoms with E-state index in [9.17, 15) is 17.6 Å².